The molecule has 1 N–H and O–H groups in total. The molecule has 0 amide bonds. The molecule has 0 radical (unpaired) electrons. The van der Waals surface area contributed by atoms with E-state index in [2.05, 4.69) is 13.8 Å². The topological polar surface area (TPSA) is 37.3 Å². The molecule has 0 aliphatic heterocycles. The van der Waals surface area contributed by atoms with E-state index in [1.54, 1.807) is 6.07 Å². The predicted molar refractivity (Wildman–Crippen MR) is 151 cm³/mol. The molecule has 37 heavy (non-hydrogen) atoms. The molecule has 0 aromatic heterocycles. The number of benzene rings is 1. The second-order valence-electron chi connectivity index (χ2n) is 13.2. The molecule has 3 fully saturated rings. The van der Waals surface area contributed by atoms with Crippen LogP contribution in [-0.4, -0.2) is 11.1 Å². The molecule has 0 spiro atoms. The predicted octanol–water partition coefficient (Wildman–Crippen LogP) is 9.87. The van der Waals surface area contributed by atoms with Crippen LogP contribution in [-0.2, 0) is 16.6 Å². The molecule has 3 aliphatic rings. The average Bonchev–Trinajstić information content (AvgIpc) is 2.92. The van der Waals surface area contributed by atoms with Crippen LogP contribution in [0.1, 0.15) is 141 Å². The number of rotatable bonds is 11. The van der Waals surface area contributed by atoms with Crippen molar-refractivity contribution in [2.75, 3.05) is 0 Å². The van der Waals surface area contributed by atoms with Gasteiger partial charge in [-0.2, -0.15) is 0 Å². The van der Waals surface area contributed by atoms with Crippen LogP contribution in [0.4, 0.5) is 4.39 Å². The standard InChI is InChI=1S/C34H53FO2/c1-3-5-7-26-8-10-27(11-9-26)12-13-28-16-19-31(32(35)24-28)34(33(36)37)22-20-30(21-23-34)29-17-14-25(6-4-2)15-18-29/h16,19,24-27,29-30H,3-15,17-18,20-23H2,1-2H3,(H,36,37). The van der Waals surface area contributed by atoms with E-state index in [-0.39, 0.29) is 5.82 Å². The summed E-state index contributed by atoms with van der Waals surface area (Å²) in [5.41, 5.74) is 0.424. The fourth-order valence-electron chi connectivity index (χ4n) is 8.33. The van der Waals surface area contributed by atoms with Gasteiger partial charge in [-0.25, -0.2) is 4.39 Å². The first-order valence-electron chi connectivity index (χ1n) is 16.0. The quantitative estimate of drug-likeness (QED) is 0.320. The van der Waals surface area contributed by atoms with Crippen molar-refractivity contribution in [2.45, 2.75) is 141 Å². The van der Waals surface area contributed by atoms with Gasteiger partial charge in [0, 0.05) is 5.56 Å². The minimum Gasteiger partial charge on any atom is -0.481 e. The highest BCUT2D eigenvalue weighted by molar-refractivity contribution is 5.81. The van der Waals surface area contributed by atoms with E-state index in [4.69, 9.17) is 0 Å². The number of unbranched alkanes of at least 4 members (excludes halogenated alkanes) is 1. The molecule has 0 unspecified atom stereocenters. The van der Waals surface area contributed by atoms with E-state index in [9.17, 15) is 9.90 Å². The first-order chi connectivity index (χ1) is 17.9. The molecular weight excluding hydrogens is 459 g/mol. The van der Waals surface area contributed by atoms with Gasteiger partial charge in [-0.05, 0) is 92.6 Å². The number of aryl methyl sites for hydroxylation is 1. The van der Waals surface area contributed by atoms with Crippen LogP contribution in [0.25, 0.3) is 0 Å². The van der Waals surface area contributed by atoms with Crippen LogP contribution in [0.15, 0.2) is 18.2 Å². The molecule has 3 saturated carbocycles. The zero-order chi connectivity index (χ0) is 26.3. The van der Waals surface area contributed by atoms with Crippen molar-refractivity contribution in [2.24, 2.45) is 29.6 Å². The number of halogens is 1. The Kier molecular flexibility index (Phi) is 10.5. The third-order valence-electron chi connectivity index (χ3n) is 10.9. The minimum absolute atomic E-state index is 0.290. The van der Waals surface area contributed by atoms with Crippen LogP contribution < -0.4 is 0 Å². The van der Waals surface area contributed by atoms with Crippen molar-refractivity contribution in [3.8, 4) is 0 Å². The third-order valence-corrected chi connectivity index (χ3v) is 10.9. The van der Waals surface area contributed by atoms with Crippen LogP contribution in [0, 0.1) is 35.4 Å². The van der Waals surface area contributed by atoms with Gasteiger partial charge in [-0.15, -0.1) is 0 Å². The number of carboxylic acids is 1. The highest BCUT2D eigenvalue weighted by atomic mass is 19.1. The summed E-state index contributed by atoms with van der Waals surface area (Å²) in [5.74, 6) is 2.83. The zero-order valence-corrected chi connectivity index (χ0v) is 23.8. The number of hydrogen-bond acceptors (Lipinski definition) is 1. The first-order valence-corrected chi connectivity index (χ1v) is 16.0. The summed E-state index contributed by atoms with van der Waals surface area (Å²) < 4.78 is 15.5. The molecule has 0 heterocycles. The Bertz CT molecular complexity index is 839. The number of aliphatic carboxylic acids is 1. The van der Waals surface area contributed by atoms with Gasteiger partial charge in [0.1, 0.15) is 5.82 Å². The Morgan fingerprint density at radius 2 is 1.38 bits per heavy atom. The molecule has 0 saturated heterocycles. The first kappa shape index (κ1) is 28.6. The van der Waals surface area contributed by atoms with E-state index in [0.29, 0.717) is 24.3 Å². The molecule has 2 nitrogen and oxygen atoms in total. The van der Waals surface area contributed by atoms with Gasteiger partial charge in [0.05, 0.1) is 5.41 Å². The van der Waals surface area contributed by atoms with Crippen molar-refractivity contribution < 1.29 is 14.3 Å². The highest BCUT2D eigenvalue weighted by Crippen LogP contribution is 2.48. The number of hydrogen-bond donors (Lipinski definition) is 1. The molecule has 0 bridgehead atoms. The van der Waals surface area contributed by atoms with Gasteiger partial charge in [-0.3, -0.25) is 4.79 Å². The van der Waals surface area contributed by atoms with Gasteiger partial charge >= 0.3 is 5.97 Å². The van der Waals surface area contributed by atoms with Crippen molar-refractivity contribution in [1.82, 2.24) is 0 Å². The van der Waals surface area contributed by atoms with E-state index < -0.39 is 11.4 Å². The Hall–Kier alpha value is -1.38. The maximum absolute atomic E-state index is 15.5. The maximum Gasteiger partial charge on any atom is 0.314 e. The molecule has 1 aromatic carbocycles. The molecule has 0 atom stereocenters. The number of carbonyl (C=O) groups is 1. The average molecular weight is 513 g/mol. The van der Waals surface area contributed by atoms with E-state index in [1.807, 2.05) is 12.1 Å². The van der Waals surface area contributed by atoms with E-state index in [1.165, 1.54) is 83.5 Å². The van der Waals surface area contributed by atoms with Crippen molar-refractivity contribution in [3.63, 3.8) is 0 Å². The smallest absolute Gasteiger partial charge is 0.314 e. The van der Waals surface area contributed by atoms with Gasteiger partial charge in [-0.1, -0.05) is 96.6 Å². The lowest BCUT2D eigenvalue weighted by Gasteiger charge is -2.42. The summed E-state index contributed by atoms with van der Waals surface area (Å²) in [5, 5.41) is 10.3. The maximum atomic E-state index is 15.5. The number of carboxylic acid groups (broad SMARTS) is 1. The fraction of sp³-hybridized carbons (Fsp3) is 0.794. The lowest BCUT2D eigenvalue weighted by Crippen LogP contribution is -2.41. The molecule has 3 aliphatic carbocycles. The fourth-order valence-corrected chi connectivity index (χ4v) is 8.33. The van der Waals surface area contributed by atoms with Crippen LogP contribution in [0.5, 0.6) is 0 Å². The molecule has 3 heteroatoms. The van der Waals surface area contributed by atoms with Gasteiger partial charge in [0.25, 0.3) is 0 Å². The Labute approximate surface area is 226 Å². The zero-order valence-electron chi connectivity index (χ0n) is 23.8. The largest absolute Gasteiger partial charge is 0.481 e. The minimum atomic E-state index is -1.05. The lowest BCUT2D eigenvalue weighted by molar-refractivity contribution is -0.146. The summed E-state index contributed by atoms with van der Waals surface area (Å²) in [4.78, 5) is 12.6. The third kappa shape index (κ3) is 7.18. The Morgan fingerprint density at radius 1 is 0.811 bits per heavy atom. The normalized spacial score (nSPS) is 32.8. The summed E-state index contributed by atoms with van der Waals surface area (Å²) in [6.45, 7) is 4.56. The second kappa shape index (κ2) is 13.6. The van der Waals surface area contributed by atoms with Gasteiger partial charge in [0.2, 0.25) is 0 Å². The van der Waals surface area contributed by atoms with Crippen molar-refractivity contribution in [1.29, 1.82) is 0 Å². The van der Waals surface area contributed by atoms with Crippen LogP contribution in [0.3, 0.4) is 0 Å². The summed E-state index contributed by atoms with van der Waals surface area (Å²) in [7, 11) is 0. The van der Waals surface area contributed by atoms with Gasteiger partial charge in [0.15, 0.2) is 0 Å². The summed E-state index contributed by atoms with van der Waals surface area (Å²) in [6.07, 6.45) is 22.4. The second-order valence-corrected chi connectivity index (χ2v) is 13.2. The van der Waals surface area contributed by atoms with Crippen molar-refractivity contribution in [3.05, 3.63) is 35.1 Å². The van der Waals surface area contributed by atoms with Crippen LogP contribution >= 0.6 is 0 Å². The summed E-state index contributed by atoms with van der Waals surface area (Å²) in [6, 6.07) is 5.52. The van der Waals surface area contributed by atoms with Crippen LogP contribution in [0.2, 0.25) is 0 Å². The monoisotopic (exact) mass is 512 g/mol. The van der Waals surface area contributed by atoms with E-state index in [0.717, 1.165) is 54.9 Å². The van der Waals surface area contributed by atoms with Crippen molar-refractivity contribution >= 4 is 5.97 Å². The summed E-state index contributed by atoms with van der Waals surface area (Å²) >= 11 is 0. The molecule has 208 valence electrons. The van der Waals surface area contributed by atoms with E-state index >= 15 is 4.39 Å². The molecule has 4 rings (SSSR count). The Morgan fingerprint density at radius 3 is 1.95 bits per heavy atom. The van der Waals surface area contributed by atoms with Gasteiger partial charge < -0.3 is 5.11 Å². The SMILES string of the molecule is CCCCC1CCC(CCc2ccc(C3(C(=O)O)CCC(C4CCC(CCC)CC4)CC3)c(F)c2)CC1. The lowest BCUT2D eigenvalue weighted by atomic mass is 9.62. The molecule has 1 aromatic rings. The Balaban J connectivity index is 1.31. The highest BCUT2D eigenvalue weighted by Gasteiger charge is 2.46. The molecular formula is C34H53FO2.